The predicted octanol–water partition coefficient (Wildman–Crippen LogP) is 2.12. The molecule has 1 aromatic carbocycles. The Hall–Kier alpha value is -1.66. The lowest BCUT2D eigenvalue weighted by Gasteiger charge is -2.21. The van der Waals surface area contributed by atoms with E-state index in [0.717, 1.165) is 12.5 Å². The number of carbonyl (C=O) groups excluding carboxylic acids is 2. The van der Waals surface area contributed by atoms with Gasteiger partial charge in [0, 0.05) is 13.2 Å². The summed E-state index contributed by atoms with van der Waals surface area (Å²) >= 11 is 5.78. The molecule has 0 aliphatic rings. The molecule has 5 nitrogen and oxygen atoms in total. The summed E-state index contributed by atoms with van der Waals surface area (Å²) in [6.45, 7) is 4.15. The van der Waals surface area contributed by atoms with Crippen LogP contribution >= 0.6 is 11.6 Å². The molecule has 1 aromatic rings. The van der Waals surface area contributed by atoms with Crippen molar-refractivity contribution in [2.24, 2.45) is 5.41 Å². The highest BCUT2D eigenvalue weighted by molar-refractivity contribution is 6.33. The molecule has 0 aliphatic heterocycles. The summed E-state index contributed by atoms with van der Waals surface area (Å²) in [7, 11) is 0. The van der Waals surface area contributed by atoms with Crippen molar-refractivity contribution < 1.29 is 19.1 Å². The van der Waals surface area contributed by atoms with Crippen LogP contribution in [0.4, 0.5) is 4.39 Å². The van der Waals surface area contributed by atoms with E-state index >= 15 is 0 Å². The number of halogens is 2. The van der Waals surface area contributed by atoms with Crippen LogP contribution in [0.25, 0.3) is 0 Å². The van der Waals surface area contributed by atoms with Crippen LogP contribution in [0.2, 0.25) is 5.02 Å². The number of hydrogen-bond donors (Lipinski definition) is 3. The maximum absolute atomic E-state index is 13.6. The molecular formula is C16H22ClFN2O3. The molecule has 0 radical (unpaired) electrons. The minimum Gasteiger partial charge on any atom is -0.396 e. The van der Waals surface area contributed by atoms with Gasteiger partial charge in [0.1, 0.15) is 5.82 Å². The first-order valence-electron chi connectivity index (χ1n) is 7.36. The Labute approximate surface area is 140 Å². The van der Waals surface area contributed by atoms with Crippen LogP contribution in [0.1, 0.15) is 37.0 Å². The molecule has 0 saturated carbocycles. The standard InChI is InChI=1S/C16H22ClFN2O3/c1-16(2,10-21)7-4-8-19-13(22)9-20-15(23)14-11(17)5-3-6-12(14)18/h3,5-6,21H,4,7-10H2,1-2H3,(H,19,22)(H,20,23). The molecule has 0 bridgehead atoms. The Morgan fingerprint density at radius 1 is 1.30 bits per heavy atom. The van der Waals surface area contributed by atoms with E-state index in [2.05, 4.69) is 10.6 Å². The largest absolute Gasteiger partial charge is 0.396 e. The Morgan fingerprint density at radius 3 is 2.61 bits per heavy atom. The highest BCUT2D eigenvalue weighted by Crippen LogP contribution is 2.20. The van der Waals surface area contributed by atoms with E-state index in [1.807, 2.05) is 13.8 Å². The number of amides is 2. The Kier molecular flexibility index (Phi) is 7.45. The van der Waals surface area contributed by atoms with Crippen LogP contribution in [-0.2, 0) is 4.79 Å². The molecule has 0 spiro atoms. The van der Waals surface area contributed by atoms with Crippen molar-refractivity contribution in [1.29, 1.82) is 0 Å². The molecule has 0 saturated heterocycles. The second kappa shape index (κ2) is 8.84. The number of carbonyl (C=O) groups is 2. The highest BCUT2D eigenvalue weighted by Gasteiger charge is 2.17. The number of rotatable bonds is 8. The molecule has 128 valence electrons. The number of aliphatic hydroxyl groups is 1. The molecule has 23 heavy (non-hydrogen) atoms. The van der Waals surface area contributed by atoms with Crippen molar-refractivity contribution in [3.63, 3.8) is 0 Å². The summed E-state index contributed by atoms with van der Waals surface area (Å²) in [6.07, 6.45) is 1.48. The Balaban J connectivity index is 2.35. The van der Waals surface area contributed by atoms with Crippen LogP contribution in [0, 0.1) is 11.2 Å². The monoisotopic (exact) mass is 344 g/mol. The molecule has 1 rings (SSSR count). The summed E-state index contributed by atoms with van der Waals surface area (Å²) < 4.78 is 13.6. The summed E-state index contributed by atoms with van der Waals surface area (Å²) in [5.74, 6) is -1.83. The lowest BCUT2D eigenvalue weighted by Crippen LogP contribution is -2.37. The van der Waals surface area contributed by atoms with Gasteiger partial charge in [-0.25, -0.2) is 4.39 Å². The van der Waals surface area contributed by atoms with E-state index in [0.29, 0.717) is 13.0 Å². The average Bonchev–Trinajstić information content (AvgIpc) is 2.49. The number of nitrogens with one attached hydrogen (secondary N) is 2. The minimum atomic E-state index is -0.735. The Morgan fingerprint density at radius 2 is 2.00 bits per heavy atom. The molecular weight excluding hydrogens is 323 g/mol. The first-order valence-corrected chi connectivity index (χ1v) is 7.74. The minimum absolute atomic E-state index is 0.00542. The SMILES string of the molecule is CC(C)(CO)CCCNC(=O)CNC(=O)c1c(F)cccc1Cl. The fraction of sp³-hybridized carbons (Fsp3) is 0.500. The molecule has 0 aromatic heterocycles. The molecule has 0 aliphatic carbocycles. The molecule has 3 N–H and O–H groups in total. The fourth-order valence-electron chi connectivity index (χ4n) is 1.90. The van der Waals surface area contributed by atoms with Crippen molar-refractivity contribution in [2.45, 2.75) is 26.7 Å². The molecule has 0 atom stereocenters. The lowest BCUT2D eigenvalue weighted by molar-refractivity contribution is -0.120. The molecule has 0 heterocycles. The van der Waals surface area contributed by atoms with Gasteiger partial charge in [0.15, 0.2) is 0 Å². The van der Waals surface area contributed by atoms with Gasteiger partial charge in [-0.2, -0.15) is 0 Å². The third-order valence-electron chi connectivity index (χ3n) is 3.38. The van der Waals surface area contributed by atoms with E-state index in [9.17, 15) is 14.0 Å². The van der Waals surface area contributed by atoms with Gasteiger partial charge in [0.2, 0.25) is 5.91 Å². The van der Waals surface area contributed by atoms with Crippen molar-refractivity contribution in [3.05, 3.63) is 34.6 Å². The summed E-state index contributed by atoms with van der Waals surface area (Å²) in [5, 5.41) is 14.1. The van der Waals surface area contributed by atoms with Crippen molar-refractivity contribution >= 4 is 23.4 Å². The second-order valence-electron chi connectivity index (χ2n) is 6.06. The number of aliphatic hydroxyl groups excluding tert-OH is 1. The van der Waals surface area contributed by atoms with Gasteiger partial charge < -0.3 is 15.7 Å². The van der Waals surface area contributed by atoms with Gasteiger partial charge in [-0.3, -0.25) is 9.59 Å². The maximum atomic E-state index is 13.6. The van der Waals surface area contributed by atoms with Gasteiger partial charge in [-0.1, -0.05) is 31.5 Å². The summed E-state index contributed by atoms with van der Waals surface area (Å²) in [6, 6.07) is 3.93. The zero-order valence-electron chi connectivity index (χ0n) is 13.3. The molecule has 0 fully saturated rings. The smallest absolute Gasteiger partial charge is 0.256 e. The predicted molar refractivity (Wildman–Crippen MR) is 86.9 cm³/mol. The topological polar surface area (TPSA) is 78.4 Å². The summed E-state index contributed by atoms with van der Waals surface area (Å²) in [5.41, 5.74) is -0.452. The first-order chi connectivity index (χ1) is 10.8. The van der Waals surface area contributed by atoms with Gasteiger partial charge in [0.25, 0.3) is 5.91 Å². The number of hydrogen-bond acceptors (Lipinski definition) is 3. The van der Waals surface area contributed by atoms with E-state index in [1.54, 1.807) is 0 Å². The van der Waals surface area contributed by atoms with Crippen molar-refractivity contribution in [3.8, 4) is 0 Å². The van der Waals surface area contributed by atoms with E-state index < -0.39 is 11.7 Å². The van der Waals surface area contributed by atoms with Gasteiger partial charge in [-0.05, 0) is 30.4 Å². The molecule has 0 unspecified atom stereocenters. The molecule has 2 amide bonds. The summed E-state index contributed by atoms with van der Waals surface area (Å²) in [4.78, 5) is 23.5. The van der Waals surface area contributed by atoms with Gasteiger partial charge in [-0.15, -0.1) is 0 Å². The maximum Gasteiger partial charge on any atom is 0.256 e. The third kappa shape index (κ3) is 6.54. The normalized spacial score (nSPS) is 11.2. The quantitative estimate of drug-likeness (QED) is 0.632. The number of benzene rings is 1. The zero-order chi connectivity index (χ0) is 17.5. The van der Waals surface area contributed by atoms with Crippen LogP contribution in [0.15, 0.2) is 18.2 Å². The zero-order valence-corrected chi connectivity index (χ0v) is 14.0. The van der Waals surface area contributed by atoms with Crippen LogP contribution < -0.4 is 10.6 Å². The van der Waals surface area contributed by atoms with E-state index in [-0.39, 0.29) is 35.1 Å². The second-order valence-corrected chi connectivity index (χ2v) is 6.46. The third-order valence-corrected chi connectivity index (χ3v) is 3.69. The van der Waals surface area contributed by atoms with E-state index in [1.165, 1.54) is 12.1 Å². The van der Waals surface area contributed by atoms with Gasteiger partial charge in [0.05, 0.1) is 17.1 Å². The van der Waals surface area contributed by atoms with Crippen molar-refractivity contribution in [1.82, 2.24) is 10.6 Å². The van der Waals surface area contributed by atoms with Crippen LogP contribution in [0.5, 0.6) is 0 Å². The van der Waals surface area contributed by atoms with Crippen LogP contribution in [0.3, 0.4) is 0 Å². The first kappa shape index (κ1) is 19.4. The van der Waals surface area contributed by atoms with Crippen LogP contribution in [-0.4, -0.2) is 36.6 Å². The lowest BCUT2D eigenvalue weighted by atomic mass is 9.89. The Bertz CT molecular complexity index is 544. The van der Waals surface area contributed by atoms with E-state index in [4.69, 9.17) is 16.7 Å². The fourth-order valence-corrected chi connectivity index (χ4v) is 2.15. The highest BCUT2D eigenvalue weighted by atomic mass is 35.5. The van der Waals surface area contributed by atoms with Gasteiger partial charge >= 0.3 is 0 Å². The van der Waals surface area contributed by atoms with Crippen molar-refractivity contribution in [2.75, 3.05) is 19.7 Å². The average molecular weight is 345 g/mol. The molecule has 7 heteroatoms.